The predicted molar refractivity (Wildman–Crippen MR) is 72.7 cm³/mol. The lowest BCUT2D eigenvalue weighted by Crippen LogP contribution is -2.45. The first kappa shape index (κ1) is 15.6. The number of rotatable bonds is 3. The van der Waals surface area contributed by atoms with Gasteiger partial charge >= 0.3 is 5.97 Å². The van der Waals surface area contributed by atoms with Crippen molar-refractivity contribution < 1.29 is 23.1 Å². The predicted octanol–water partition coefficient (Wildman–Crippen LogP) is 4.02. The van der Waals surface area contributed by atoms with E-state index < -0.39 is 35.0 Å². The van der Waals surface area contributed by atoms with Crippen molar-refractivity contribution in [2.24, 2.45) is 11.3 Å². The molecule has 2 nitrogen and oxygen atoms in total. The second kappa shape index (κ2) is 5.20. The van der Waals surface area contributed by atoms with Crippen molar-refractivity contribution in [3.8, 4) is 0 Å². The van der Waals surface area contributed by atoms with Crippen LogP contribution in [0.5, 0.6) is 0 Å². The number of benzene rings is 1. The minimum absolute atomic E-state index is 0.155. The van der Waals surface area contributed by atoms with Gasteiger partial charge in [0.1, 0.15) is 5.82 Å². The third-order valence-corrected chi connectivity index (χ3v) is 4.31. The number of carboxylic acids is 1. The summed E-state index contributed by atoms with van der Waals surface area (Å²) >= 11 is 0. The first-order chi connectivity index (χ1) is 9.70. The zero-order chi connectivity index (χ0) is 15.8. The second-order valence-corrected chi connectivity index (χ2v) is 6.07. The van der Waals surface area contributed by atoms with Gasteiger partial charge in [-0.1, -0.05) is 44.2 Å². The van der Waals surface area contributed by atoms with Crippen LogP contribution in [-0.4, -0.2) is 17.5 Å². The summed E-state index contributed by atoms with van der Waals surface area (Å²) in [5.74, 6) is -2.90. The highest BCUT2D eigenvalue weighted by atomic mass is 19.3. The Bertz CT molecular complexity index is 581. The number of carbonyl (C=O) groups is 1. The molecular weight excluding hydrogens is 281 g/mol. The van der Waals surface area contributed by atoms with Crippen molar-refractivity contribution in [2.75, 3.05) is 0 Å². The van der Waals surface area contributed by atoms with E-state index in [1.165, 1.54) is 30.4 Å². The van der Waals surface area contributed by atoms with E-state index in [-0.39, 0.29) is 12.0 Å². The molecule has 0 heterocycles. The summed E-state index contributed by atoms with van der Waals surface area (Å²) in [6, 6.07) is 5.31. The maximum Gasteiger partial charge on any atom is 0.307 e. The lowest BCUT2D eigenvalue weighted by molar-refractivity contribution is -0.146. The molecule has 2 unspecified atom stereocenters. The zero-order valence-corrected chi connectivity index (χ0v) is 11.8. The number of halogens is 3. The molecule has 114 valence electrons. The Labute approximate surface area is 121 Å². The van der Waals surface area contributed by atoms with E-state index in [2.05, 4.69) is 0 Å². The minimum atomic E-state index is -2.89. The molecule has 0 radical (unpaired) electrons. The summed E-state index contributed by atoms with van der Waals surface area (Å²) in [7, 11) is 0. The fraction of sp³-hybridized carbons (Fsp3) is 0.438. The van der Waals surface area contributed by atoms with Gasteiger partial charge in [0.05, 0.1) is 11.3 Å². The summed E-state index contributed by atoms with van der Waals surface area (Å²) in [5.41, 5.74) is -2.81. The maximum atomic E-state index is 14.0. The largest absolute Gasteiger partial charge is 0.481 e. The molecule has 2 rings (SSSR count). The first-order valence-corrected chi connectivity index (χ1v) is 6.67. The molecule has 1 aromatic rings. The lowest BCUT2D eigenvalue weighted by Gasteiger charge is -2.42. The average Bonchev–Trinajstić information content (AvgIpc) is 2.39. The van der Waals surface area contributed by atoms with Gasteiger partial charge < -0.3 is 5.11 Å². The quantitative estimate of drug-likeness (QED) is 0.856. The summed E-state index contributed by atoms with van der Waals surface area (Å²) < 4.78 is 41.4. The van der Waals surface area contributed by atoms with Crippen LogP contribution in [0.15, 0.2) is 36.4 Å². The number of allylic oxidation sites excluding steroid dienone is 2. The SMILES string of the molecule is CC1(C)C=CC(c2ccccc2F)(C(F)F)CC1C(=O)O. The zero-order valence-electron chi connectivity index (χ0n) is 11.8. The molecule has 1 aliphatic carbocycles. The molecule has 0 bridgehead atoms. The molecule has 0 saturated heterocycles. The van der Waals surface area contributed by atoms with Crippen LogP contribution in [0.1, 0.15) is 25.8 Å². The van der Waals surface area contributed by atoms with Crippen molar-refractivity contribution in [3.63, 3.8) is 0 Å². The Morgan fingerprint density at radius 2 is 1.90 bits per heavy atom. The smallest absolute Gasteiger partial charge is 0.307 e. The Kier molecular flexibility index (Phi) is 3.87. The fourth-order valence-corrected chi connectivity index (χ4v) is 2.87. The van der Waals surface area contributed by atoms with E-state index in [4.69, 9.17) is 0 Å². The first-order valence-electron chi connectivity index (χ1n) is 6.67. The lowest BCUT2D eigenvalue weighted by atomic mass is 9.61. The van der Waals surface area contributed by atoms with Crippen molar-refractivity contribution in [1.29, 1.82) is 0 Å². The minimum Gasteiger partial charge on any atom is -0.481 e. The molecule has 0 fully saturated rings. The average molecular weight is 298 g/mol. The van der Waals surface area contributed by atoms with Crippen LogP contribution >= 0.6 is 0 Å². The topological polar surface area (TPSA) is 37.3 Å². The van der Waals surface area contributed by atoms with Gasteiger partial charge in [0.25, 0.3) is 6.43 Å². The van der Waals surface area contributed by atoms with Gasteiger partial charge in [-0.15, -0.1) is 0 Å². The summed E-state index contributed by atoms with van der Waals surface area (Å²) in [5, 5.41) is 9.33. The summed E-state index contributed by atoms with van der Waals surface area (Å²) in [6.07, 6.45) is -0.475. The molecule has 0 amide bonds. The van der Waals surface area contributed by atoms with E-state index in [1.807, 2.05) is 0 Å². The molecule has 0 spiro atoms. The van der Waals surface area contributed by atoms with Crippen LogP contribution in [0.25, 0.3) is 0 Å². The highest BCUT2D eigenvalue weighted by molar-refractivity contribution is 5.72. The van der Waals surface area contributed by atoms with E-state index in [0.29, 0.717) is 0 Å². The van der Waals surface area contributed by atoms with E-state index in [1.54, 1.807) is 13.8 Å². The van der Waals surface area contributed by atoms with Crippen LogP contribution in [0.2, 0.25) is 0 Å². The monoisotopic (exact) mass is 298 g/mol. The molecule has 0 saturated carbocycles. The normalized spacial score (nSPS) is 27.8. The maximum absolute atomic E-state index is 14.0. The molecule has 2 atom stereocenters. The summed E-state index contributed by atoms with van der Waals surface area (Å²) in [4.78, 5) is 11.4. The molecule has 0 aromatic heterocycles. The molecule has 21 heavy (non-hydrogen) atoms. The standard InChI is InChI=1S/C16H17F3O2/c1-15(2)7-8-16(14(18)19,9-11(15)13(20)21)10-5-3-4-6-12(10)17/h3-8,11,14H,9H2,1-2H3,(H,20,21). The van der Waals surface area contributed by atoms with Gasteiger partial charge in [-0.3, -0.25) is 4.79 Å². The highest BCUT2D eigenvalue weighted by Gasteiger charge is 2.50. The molecule has 0 aliphatic heterocycles. The van der Waals surface area contributed by atoms with Crippen LogP contribution in [0.4, 0.5) is 13.2 Å². The third-order valence-electron chi connectivity index (χ3n) is 4.31. The van der Waals surface area contributed by atoms with Crippen LogP contribution in [0.3, 0.4) is 0 Å². The van der Waals surface area contributed by atoms with Crippen molar-refractivity contribution >= 4 is 5.97 Å². The Morgan fingerprint density at radius 1 is 1.29 bits per heavy atom. The molecule has 1 N–H and O–H groups in total. The van der Waals surface area contributed by atoms with Crippen molar-refractivity contribution in [3.05, 3.63) is 47.8 Å². The van der Waals surface area contributed by atoms with Crippen LogP contribution < -0.4 is 0 Å². The number of alkyl halides is 2. The number of carboxylic acid groups (broad SMARTS) is 1. The van der Waals surface area contributed by atoms with Crippen molar-refractivity contribution in [2.45, 2.75) is 32.1 Å². The van der Waals surface area contributed by atoms with Gasteiger partial charge in [-0.05, 0) is 17.9 Å². The Morgan fingerprint density at radius 3 is 2.43 bits per heavy atom. The fourth-order valence-electron chi connectivity index (χ4n) is 2.87. The molecule has 5 heteroatoms. The molecule has 1 aliphatic rings. The van der Waals surface area contributed by atoms with Crippen molar-refractivity contribution in [1.82, 2.24) is 0 Å². The van der Waals surface area contributed by atoms with E-state index in [9.17, 15) is 23.1 Å². The molecular formula is C16H17F3O2. The Hall–Kier alpha value is -1.78. The second-order valence-electron chi connectivity index (χ2n) is 6.07. The van der Waals surface area contributed by atoms with Gasteiger partial charge in [-0.25, -0.2) is 13.2 Å². The van der Waals surface area contributed by atoms with Gasteiger partial charge in [0.2, 0.25) is 0 Å². The Balaban J connectivity index is 2.61. The van der Waals surface area contributed by atoms with E-state index in [0.717, 1.165) is 6.07 Å². The highest BCUT2D eigenvalue weighted by Crippen LogP contribution is 2.49. The van der Waals surface area contributed by atoms with Gasteiger partial charge in [0.15, 0.2) is 0 Å². The van der Waals surface area contributed by atoms with Crippen LogP contribution in [0, 0.1) is 17.2 Å². The summed E-state index contributed by atoms with van der Waals surface area (Å²) in [6.45, 7) is 3.36. The number of hydrogen-bond acceptors (Lipinski definition) is 1. The number of hydrogen-bond donors (Lipinski definition) is 1. The van der Waals surface area contributed by atoms with Gasteiger partial charge in [0, 0.05) is 5.56 Å². The third kappa shape index (κ3) is 2.57. The van der Waals surface area contributed by atoms with Crippen LogP contribution in [-0.2, 0) is 10.2 Å². The van der Waals surface area contributed by atoms with Gasteiger partial charge in [-0.2, -0.15) is 0 Å². The number of aliphatic carboxylic acids is 1. The molecule has 1 aromatic carbocycles. The van der Waals surface area contributed by atoms with E-state index >= 15 is 0 Å².